The standard InChI is InChI=1S/C21H20N2O5/c1-3-26-19-11-14(4-6-17(19)25-2)10-15(13-22)21(24)23-16-5-7-18-20(12-16)28-9-8-27-18/h4-7,10-12H,3,8-9H2,1-2H3,(H,23,24). The summed E-state index contributed by atoms with van der Waals surface area (Å²) in [6, 6.07) is 12.2. The molecule has 0 radical (unpaired) electrons. The molecule has 2 aromatic rings. The summed E-state index contributed by atoms with van der Waals surface area (Å²) < 4.78 is 21.7. The molecular formula is C21H20N2O5. The Balaban J connectivity index is 1.80. The molecule has 1 aliphatic rings. The Bertz CT molecular complexity index is 946. The third-order valence-electron chi connectivity index (χ3n) is 3.96. The highest BCUT2D eigenvalue weighted by atomic mass is 16.6. The number of nitrogens with one attached hydrogen (secondary N) is 1. The normalized spacial score (nSPS) is 12.7. The van der Waals surface area contributed by atoms with E-state index in [0.717, 1.165) is 0 Å². The zero-order chi connectivity index (χ0) is 19.9. The molecule has 144 valence electrons. The Morgan fingerprint density at radius 2 is 1.96 bits per heavy atom. The maximum Gasteiger partial charge on any atom is 0.266 e. The van der Waals surface area contributed by atoms with Crippen molar-refractivity contribution in [1.29, 1.82) is 5.26 Å². The van der Waals surface area contributed by atoms with Crippen LogP contribution >= 0.6 is 0 Å². The summed E-state index contributed by atoms with van der Waals surface area (Å²) in [5, 5.41) is 12.1. The van der Waals surface area contributed by atoms with Gasteiger partial charge < -0.3 is 24.3 Å². The maximum absolute atomic E-state index is 12.5. The minimum atomic E-state index is -0.520. The van der Waals surface area contributed by atoms with E-state index in [-0.39, 0.29) is 5.57 Å². The van der Waals surface area contributed by atoms with E-state index >= 15 is 0 Å². The van der Waals surface area contributed by atoms with E-state index in [2.05, 4.69) is 5.32 Å². The van der Waals surface area contributed by atoms with E-state index < -0.39 is 5.91 Å². The first kappa shape index (κ1) is 19.1. The molecule has 3 rings (SSSR count). The fourth-order valence-corrected chi connectivity index (χ4v) is 2.69. The van der Waals surface area contributed by atoms with Crippen LogP contribution in [0.2, 0.25) is 0 Å². The van der Waals surface area contributed by atoms with E-state index in [1.807, 2.05) is 13.0 Å². The fourth-order valence-electron chi connectivity index (χ4n) is 2.69. The second-order valence-corrected chi connectivity index (χ2v) is 5.83. The summed E-state index contributed by atoms with van der Waals surface area (Å²) in [4.78, 5) is 12.5. The predicted molar refractivity (Wildman–Crippen MR) is 104 cm³/mol. The van der Waals surface area contributed by atoms with Crippen molar-refractivity contribution >= 4 is 17.7 Å². The smallest absolute Gasteiger partial charge is 0.266 e. The van der Waals surface area contributed by atoms with E-state index in [1.165, 1.54) is 6.08 Å². The molecular weight excluding hydrogens is 360 g/mol. The van der Waals surface area contributed by atoms with Crippen LogP contribution in [0, 0.1) is 11.3 Å². The van der Waals surface area contributed by atoms with Gasteiger partial charge in [0.05, 0.1) is 13.7 Å². The number of amides is 1. The second kappa shape index (κ2) is 8.82. The molecule has 0 unspecified atom stereocenters. The third kappa shape index (κ3) is 4.35. The van der Waals surface area contributed by atoms with Crippen LogP contribution in [-0.4, -0.2) is 32.8 Å². The highest BCUT2D eigenvalue weighted by molar-refractivity contribution is 6.09. The van der Waals surface area contributed by atoms with Crippen LogP contribution in [0.1, 0.15) is 12.5 Å². The van der Waals surface area contributed by atoms with Crippen molar-refractivity contribution in [3.8, 4) is 29.1 Å². The molecule has 2 aromatic carbocycles. The van der Waals surface area contributed by atoms with Gasteiger partial charge in [-0.15, -0.1) is 0 Å². The van der Waals surface area contributed by atoms with Gasteiger partial charge in [0.2, 0.25) is 0 Å². The zero-order valence-corrected chi connectivity index (χ0v) is 15.7. The summed E-state index contributed by atoms with van der Waals surface area (Å²) in [7, 11) is 1.55. The van der Waals surface area contributed by atoms with Crippen molar-refractivity contribution in [3.05, 3.63) is 47.5 Å². The minimum absolute atomic E-state index is 0.0393. The molecule has 0 aromatic heterocycles. The molecule has 0 atom stereocenters. The Labute approximate surface area is 163 Å². The van der Waals surface area contributed by atoms with Crippen LogP contribution in [-0.2, 0) is 4.79 Å². The second-order valence-electron chi connectivity index (χ2n) is 5.83. The molecule has 1 aliphatic heterocycles. The van der Waals surface area contributed by atoms with Crippen molar-refractivity contribution in [2.24, 2.45) is 0 Å². The number of carbonyl (C=O) groups excluding carboxylic acids is 1. The quantitative estimate of drug-likeness (QED) is 0.610. The largest absolute Gasteiger partial charge is 0.493 e. The minimum Gasteiger partial charge on any atom is -0.493 e. The predicted octanol–water partition coefficient (Wildman–Crippen LogP) is 3.41. The molecule has 0 bridgehead atoms. The number of anilines is 1. The summed E-state index contributed by atoms with van der Waals surface area (Å²) >= 11 is 0. The molecule has 1 N–H and O–H groups in total. The number of nitriles is 1. The van der Waals surface area contributed by atoms with Crippen LogP contribution in [0.3, 0.4) is 0 Å². The van der Waals surface area contributed by atoms with E-state index in [1.54, 1.807) is 43.5 Å². The lowest BCUT2D eigenvalue weighted by atomic mass is 10.1. The first-order valence-electron chi connectivity index (χ1n) is 8.78. The van der Waals surface area contributed by atoms with Crippen LogP contribution in [0.15, 0.2) is 42.0 Å². The van der Waals surface area contributed by atoms with Crippen molar-refractivity contribution < 1.29 is 23.7 Å². The fraction of sp³-hybridized carbons (Fsp3) is 0.238. The third-order valence-corrected chi connectivity index (χ3v) is 3.96. The topological polar surface area (TPSA) is 89.8 Å². The van der Waals surface area contributed by atoms with Crippen LogP contribution < -0.4 is 24.3 Å². The molecule has 1 heterocycles. The number of hydrogen-bond donors (Lipinski definition) is 1. The Kier molecular flexibility index (Phi) is 6.02. The van der Waals surface area contributed by atoms with Gasteiger partial charge in [0.1, 0.15) is 24.9 Å². The summed E-state index contributed by atoms with van der Waals surface area (Å²) in [5.41, 5.74) is 1.13. The van der Waals surface area contributed by atoms with Crippen molar-refractivity contribution in [2.75, 3.05) is 32.2 Å². The Morgan fingerprint density at radius 1 is 1.18 bits per heavy atom. The highest BCUT2D eigenvalue weighted by Crippen LogP contribution is 2.33. The summed E-state index contributed by atoms with van der Waals surface area (Å²) in [6.45, 7) is 3.28. The van der Waals surface area contributed by atoms with Crippen LogP contribution in [0.25, 0.3) is 6.08 Å². The lowest BCUT2D eigenvalue weighted by Gasteiger charge is -2.18. The van der Waals surface area contributed by atoms with Gasteiger partial charge in [-0.1, -0.05) is 6.07 Å². The number of ether oxygens (including phenoxy) is 4. The number of rotatable bonds is 6. The van der Waals surface area contributed by atoms with Crippen LogP contribution in [0.5, 0.6) is 23.0 Å². The average Bonchev–Trinajstić information content (AvgIpc) is 2.72. The summed E-state index contributed by atoms with van der Waals surface area (Å²) in [6.07, 6.45) is 1.50. The number of fused-ring (bicyclic) bond motifs is 1. The number of hydrogen-bond acceptors (Lipinski definition) is 6. The number of carbonyl (C=O) groups is 1. The first-order valence-corrected chi connectivity index (χ1v) is 8.78. The Morgan fingerprint density at radius 3 is 2.68 bits per heavy atom. The van der Waals surface area contributed by atoms with Gasteiger partial charge in [-0.3, -0.25) is 4.79 Å². The maximum atomic E-state index is 12.5. The number of methoxy groups -OCH3 is 1. The SMILES string of the molecule is CCOc1cc(C=C(C#N)C(=O)Nc2ccc3c(c2)OCCO3)ccc1OC. The van der Waals surface area contributed by atoms with Crippen LogP contribution in [0.4, 0.5) is 5.69 Å². The zero-order valence-electron chi connectivity index (χ0n) is 15.7. The molecule has 0 spiro atoms. The van der Waals surface area contributed by atoms with E-state index in [9.17, 15) is 10.1 Å². The molecule has 28 heavy (non-hydrogen) atoms. The van der Waals surface area contributed by atoms with Gasteiger partial charge in [0.25, 0.3) is 5.91 Å². The van der Waals surface area contributed by atoms with E-state index in [0.29, 0.717) is 54.1 Å². The Hall–Kier alpha value is -3.66. The first-order chi connectivity index (χ1) is 13.6. The average molecular weight is 380 g/mol. The molecule has 0 saturated carbocycles. The highest BCUT2D eigenvalue weighted by Gasteiger charge is 2.15. The molecule has 0 aliphatic carbocycles. The van der Waals surface area contributed by atoms with Gasteiger partial charge in [0.15, 0.2) is 23.0 Å². The van der Waals surface area contributed by atoms with E-state index in [4.69, 9.17) is 18.9 Å². The lowest BCUT2D eigenvalue weighted by molar-refractivity contribution is -0.112. The van der Waals surface area contributed by atoms with Crippen molar-refractivity contribution in [3.63, 3.8) is 0 Å². The van der Waals surface area contributed by atoms with Crippen molar-refractivity contribution in [2.45, 2.75) is 6.92 Å². The molecule has 0 saturated heterocycles. The summed E-state index contributed by atoms with van der Waals surface area (Å²) in [5.74, 6) is 1.79. The number of benzene rings is 2. The van der Waals surface area contributed by atoms with Gasteiger partial charge in [0, 0.05) is 11.8 Å². The monoisotopic (exact) mass is 380 g/mol. The van der Waals surface area contributed by atoms with Gasteiger partial charge in [-0.25, -0.2) is 0 Å². The van der Waals surface area contributed by atoms with Gasteiger partial charge >= 0.3 is 0 Å². The molecule has 1 amide bonds. The molecule has 7 nitrogen and oxygen atoms in total. The van der Waals surface area contributed by atoms with Crippen molar-refractivity contribution in [1.82, 2.24) is 0 Å². The molecule has 7 heteroatoms. The lowest BCUT2D eigenvalue weighted by Crippen LogP contribution is -2.17. The number of nitrogens with zero attached hydrogens (tertiary/aromatic N) is 1. The molecule has 0 fully saturated rings. The van der Waals surface area contributed by atoms with Gasteiger partial charge in [-0.2, -0.15) is 5.26 Å². The van der Waals surface area contributed by atoms with Gasteiger partial charge in [-0.05, 0) is 42.8 Å².